The highest BCUT2D eigenvalue weighted by atomic mass is 32.2. The average molecular weight is 361 g/mol. The van der Waals surface area contributed by atoms with Crippen molar-refractivity contribution in [3.05, 3.63) is 54.0 Å². The predicted molar refractivity (Wildman–Crippen MR) is 90.2 cm³/mol. The third kappa shape index (κ3) is 4.48. The van der Waals surface area contributed by atoms with Gasteiger partial charge < -0.3 is 13.7 Å². The van der Waals surface area contributed by atoms with Gasteiger partial charge in [0.05, 0.1) is 12.0 Å². The monoisotopic (exact) mass is 361 g/mol. The zero-order valence-corrected chi connectivity index (χ0v) is 14.3. The molecule has 2 heterocycles. The highest BCUT2D eigenvalue weighted by Crippen LogP contribution is 2.23. The summed E-state index contributed by atoms with van der Waals surface area (Å²) in [6, 6.07) is 9.67. The quantitative estimate of drug-likeness (QED) is 0.599. The molecule has 0 fully saturated rings. The number of amides is 1. The van der Waals surface area contributed by atoms with Crippen molar-refractivity contribution < 1.29 is 18.0 Å². The molecular weight excluding hydrogens is 345 g/mol. The second-order valence-corrected chi connectivity index (χ2v) is 6.10. The summed E-state index contributed by atoms with van der Waals surface area (Å²) in [7, 11) is 0. The molecular formula is C17H16FN3O3S. The Bertz CT molecular complexity index is 835. The number of aromatic nitrogens is 2. The number of hydrogen-bond donors (Lipinski definition) is 0. The van der Waals surface area contributed by atoms with Crippen molar-refractivity contribution in [2.24, 2.45) is 0 Å². The van der Waals surface area contributed by atoms with E-state index in [9.17, 15) is 9.18 Å². The smallest absolute Gasteiger partial charge is 0.284 e. The van der Waals surface area contributed by atoms with E-state index in [-0.39, 0.29) is 23.4 Å². The van der Waals surface area contributed by atoms with Crippen LogP contribution in [0.4, 0.5) is 4.39 Å². The summed E-state index contributed by atoms with van der Waals surface area (Å²) >= 11 is 1.16. The second kappa shape index (κ2) is 7.98. The maximum absolute atomic E-state index is 13.3. The first kappa shape index (κ1) is 17.2. The van der Waals surface area contributed by atoms with Crippen molar-refractivity contribution in [2.75, 3.05) is 12.3 Å². The van der Waals surface area contributed by atoms with Crippen LogP contribution in [0.2, 0.25) is 0 Å². The summed E-state index contributed by atoms with van der Waals surface area (Å²) in [6.45, 7) is 2.76. The van der Waals surface area contributed by atoms with Crippen molar-refractivity contribution in [1.82, 2.24) is 15.1 Å². The van der Waals surface area contributed by atoms with Gasteiger partial charge in [-0.05, 0) is 36.8 Å². The highest BCUT2D eigenvalue weighted by Gasteiger charge is 2.16. The van der Waals surface area contributed by atoms with E-state index in [1.807, 2.05) is 6.92 Å². The minimum Gasteiger partial charge on any atom is -0.459 e. The Kier molecular flexibility index (Phi) is 5.49. The summed E-state index contributed by atoms with van der Waals surface area (Å²) < 4.78 is 23.9. The van der Waals surface area contributed by atoms with Crippen LogP contribution in [0.15, 0.2) is 56.7 Å². The number of carbonyl (C=O) groups is 1. The molecule has 1 amide bonds. The van der Waals surface area contributed by atoms with Gasteiger partial charge in [-0.3, -0.25) is 4.79 Å². The molecule has 6 nitrogen and oxygen atoms in total. The minimum atomic E-state index is -0.313. The summed E-state index contributed by atoms with van der Waals surface area (Å²) in [5.74, 6) is 0.503. The van der Waals surface area contributed by atoms with E-state index in [2.05, 4.69) is 10.2 Å². The molecule has 25 heavy (non-hydrogen) atoms. The maximum Gasteiger partial charge on any atom is 0.284 e. The standard InChI is InChI=1S/C17H16FN3O3S/c1-2-21(10-12-5-3-6-13(18)9-12)15(22)11-25-17-20-19-16(24-17)14-7-4-8-23-14/h3-9H,2,10-11H2,1H3. The van der Waals surface area contributed by atoms with Gasteiger partial charge in [-0.15, -0.1) is 10.2 Å². The number of carbonyl (C=O) groups excluding carboxylic acids is 1. The van der Waals surface area contributed by atoms with Crippen LogP contribution in [0.1, 0.15) is 12.5 Å². The number of rotatable bonds is 7. The normalized spacial score (nSPS) is 10.8. The molecule has 8 heteroatoms. The van der Waals surface area contributed by atoms with Gasteiger partial charge in [-0.2, -0.15) is 0 Å². The predicted octanol–water partition coefficient (Wildman–Crippen LogP) is 3.61. The van der Waals surface area contributed by atoms with Crippen molar-refractivity contribution >= 4 is 17.7 Å². The number of hydrogen-bond acceptors (Lipinski definition) is 6. The van der Waals surface area contributed by atoms with Crippen molar-refractivity contribution in [3.63, 3.8) is 0 Å². The molecule has 0 bridgehead atoms. The number of thioether (sulfide) groups is 1. The van der Waals surface area contributed by atoms with Crippen LogP contribution < -0.4 is 0 Å². The van der Waals surface area contributed by atoms with E-state index < -0.39 is 0 Å². The fourth-order valence-corrected chi connectivity index (χ4v) is 2.88. The third-order valence-electron chi connectivity index (χ3n) is 3.45. The van der Waals surface area contributed by atoms with Gasteiger partial charge in [0.2, 0.25) is 5.91 Å². The fraction of sp³-hybridized carbons (Fsp3) is 0.235. The summed E-state index contributed by atoms with van der Waals surface area (Å²) in [5, 5.41) is 8.07. The second-order valence-electron chi connectivity index (χ2n) is 5.18. The molecule has 0 spiro atoms. The maximum atomic E-state index is 13.3. The first-order valence-corrected chi connectivity index (χ1v) is 8.66. The van der Waals surface area contributed by atoms with Crippen LogP contribution in [0, 0.1) is 5.82 Å². The van der Waals surface area contributed by atoms with Crippen LogP contribution in [-0.4, -0.2) is 33.3 Å². The Balaban J connectivity index is 1.57. The van der Waals surface area contributed by atoms with Gasteiger partial charge in [0.25, 0.3) is 11.1 Å². The number of nitrogens with zero attached hydrogens (tertiary/aromatic N) is 3. The summed E-state index contributed by atoms with van der Waals surface area (Å²) in [6.07, 6.45) is 1.52. The largest absolute Gasteiger partial charge is 0.459 e. The van der Waals surface area contributed by atoms with Gasteiger partial charge in [-0.25, -0.2) is 4.39 Å². The molecule has 1 aromatic carbocycles. The van der Waals surface area contributed by atoms with Gasteiger partial charge in [0.1, 0.15) is 5.82 Å². The van der Waals surface area contributed by atoms with E-state index in [0.717, 1.165) is 17.3 Å². The Morgan fingerprint density at radius 1 is 1.28 bits per heavy atom. The number of halogens is 1. The summed E-state index contributed by atoms with van der Waals surface area (Å²) in [4.78, 5) is 14.0. The zero-order chi connectivity index (χ0) is 17.6. The molecule has 130 valence electrons. The lowest BCUT2D eigenvalue weighted by molar-refractivity contribution is -0.128. The first-order valence-electron chi connectivity index (χ1n) is 7.68. The lowest BCUT2D eigenvalue weighted by Crippen LogP contribution is -2.31. The van der Waals surface area contributed by atoms with E-state index in [4.69, 9.17) is 8.83 Å². The van der Waals surface area contributed by atoms with Crippen molar-refractivity contribution in [3.8, 4) is 11.7 Å². The third-order valence-corrected chi connectivity index (χ3v) is 4.26. The highest BCUT2D eigenvalue weighted by molar-refractivity contribution is 7.99. The molecule has 0 atom stereocenters. The van der Waals surface area contributed by atoms with Crippen LogP contribution in [0.25, 0.3) is 11.7 Å². The molecule has 0 aliphatic rings. The van der Waals surface area contributed by atoms with Crippen LogP contribution in [0.3, 0.4) is 0 Å². The molecule has 0 N–H and O–H groups in total. The molecule has 0 saturated carbocycles. The molecule has 0 aliphatic carbocycles. The fourth-order valence-electron chi connectivity index (χ4n) is 2.21. The van der Waals surface area contributed by atoms with Gasteiger partial charge in [-0.1, -0.05) is 23.9 Å². The number of benzene rings is 1. The van der Waals surface area contributed by atoms with E-state index in [1.165, 1.54) is 18.4 Å². The average Bonchev–Trinajstić information content (AvgIpc) is 3.28. The molecule has 0 aliphatic heterocycles. The van der Waals surface area contributed by atoms with Crippen LogP contribution >= 0.6 is 11.8 Å². The molecule has 0 saturated heterocycles. The topological polar surface area (TPSA) is 72.4 Å². The molecule has 0 radical (unpaired) electrons. The number of furan rings is 1. The molecule has 3 aromatic rings. The molecule has 0 unspecified atom stereocenters. The Morgan fingerprint density at radius 3 is 2.88 bits per heavy atom. The van der Waals surface area contributed by atoms with Crippen LogP contribution in [-0.2, 0) is 11.3 Å². The molecule has 2 aromatic heterocycles. The molecule has 3 rings (SSSR count). The Labute approximate surface area is 148 Å². The van der Waals surface area contributed by atoms with Crippen molar-refractivity contribution in [1.29, 1.82) is 0 Å². The first-order chi connectivity index (χ1) is 12.2. The Hall–Kier alpha value is -2.61. The van der Waals surface area contributed by atoms with E-state index >= 15 is 0 Å². The van der Waals surface area contributed by atoms with E-state index in [0.29, 0.717) is 24.1 Å². The van der Waals surface area contributed by atoms with E-state index in [1.54, 1.807) is 29.2 Å². The van der Waals surface area contributed by atoms with Crippen molar-refractivity contribution in [2.45, 2.75) is 18.7 Å². The zero-order valence-electron chi connectivity index (χ0n) is 13.5. The van der Waals surface area contributed by atoms with Gasteiger partial charge in [0.15, 0.2) is 5.76 Å². The lowest BCUT2D eigenvalue weighted by atomic mass is 10.2. The Morgan fingerprint density at radius 2 is 2.16 bits per heavy atom. The van der Waals surface area contributed by atoms with Gasteiger partial charge >= 0.3 is 0 Å². The lowest BCUT2D eigenvalue weighted by Gasteiger charge is -2.20. The summed E-state index contributed by atoms with van der Waals surface area (Å²) in [5.41, 5.74) is 0.748. The van der Waals surface area contributed by atoms with Crippen LogP contribution in [0.5, 0.6) is 0 Å². The minimum absolute atomic E-state index is 0.0884. The van der Waals surface area contributed by atoms with Gasteiger partial charge in [0, 0.05) is 13.1 Å². The SMILES string of the molecule is CCN(Cc1cccc(F)c1)C(=O)CSc1nnc(-c2ccco2)o1.